The SMILES string of the molecule is COCOc1ccc(CCCOCc2ccc(OC)cc2)c(/C=C/C[C@@H]2OC(C)(C)O[C@@H]2C(/C=C\[C@@H](C)[C@H](C)O[Si](c2ccccc2)(c2ccccc2)C(C)(C)C)O[Si](C)(C)C(C)(C)C)c1C(=O)OCC[Si](C)(C)C.COCOc1ccc(CCCOCc2ccc(OC)cc2)c2c1C(=O)O[C@@H](C)[C@H](C)/C=C\C(O)[C@H]1OC(C)(C)O[C@H]1CC=C2. The molecule has 0 aromatic heterocycles. The van der Waals surface area contributed by atoms with Crippen molar-refractivity contribution in [2.24, 2.45) is 11.8 Å². The Hall–Kier alpha value is -7.37. The van der Waals surface area contributed by atoms with Crippen LogP contribution in [0.5, 0.6) is 23.0 Å². The lowest BCUT2D eigenvalue weighted by Crippen LogP contribution is -2.67. The van der Waals surface area contributed by atoms with Gasteiger partial charge in [-0.15, -0.1) is 0 Å². The van der Waals surface area contributed by atoms with E-state index in [1.54, 1.807) is 33.5 Å². The molecule has 0 spiro atoms. The molecule has 0 bridgehead atoms. The molecule has 19 nitrogen and oxygen atoms in total. The van der Waals surface area contributed by atoms with Gasteiger partial charge < -0.3 is 80.3 Å². The molecule has 3 aliphatic heterocycles. The van der Waals surface area contributed by atoms with Crippen LogP contribution in [-0.2, 0) is 82.3 Å². The van der Waals surface area contributed by atoms with Gasteiger partial charge in [0.25, 0.3) is 8.32 Å². The van der Waals surface area contributed by atoms with Gasteiger partial charge in [0.1, 0.15) is 58.5 Å². The Morgan fingerprint density at radius 3 is 1.72 bits per heavy atom. The summed E-state index contributed by atoms with van der Waals surface area (Å²) in [6.45, 7) is 43.3. The van der Waals surface area contributed by atoms with E-state index in [0.717, 1.165) is 58.2 Å². The van der Waals surface area contributed by atoms with Crippen molar-refractivity contribution < 1.29 is 89.9 Å². The van der Waals surface area contributed by atoms with Gasteiger partial charge in [0.05, 0.1) is 52.4 Å². The topological polar surface area (TPSA) is 202 Å². The number of fused-ring (bicyclic) bond motifs is 2. The molecule has 6 aromatic carbocycles. The highest BCUT2D eigenvalue weighted by molar-refractivity contribution is 6.99. The van der Waals surface area contributed by atoms with Crippen LogP contribution in [0.1, 0.15) is 177 Å². The average Bonchev–Trinajstić information content (AvgIpc) is 1.44. The van der Waals surface area contributed by atoms with E-state index in [0.29, 0.717) is 86.9 Å². The zero-order valence-electron chi connectivity index (χ0n) is 75.3. The number of hydrogen-bond donors (Lipinski definition) is 1. The van der Waals surface area contributed by atoms with E-state index in [4.69, 9.17) is 75.2 Å². The Bertz CT molecular complexity index is 4200. The highest BCUT2D eigenvalue weighted by atomic mass is 28.4. The molecule has 3 aliphatic rings. The van der Waals surface area contributed by atoms with Crippen molar-refractivity contribution in [3.8, 4) is 23.0 Å². The number of ether oxygens (including phenoxy) is 14. The van der Waals surface area contributed by atoms with Gasteiger partial charge in [0.2, 0.25) is 0 Å². The van der Waals surface area contributed by atoms with E-state index in [-0.39, 0.29) is 53.8 Å². The van der Waals surface area contributed by atoms with Gasteiger partial charge in [0.15, 0.2) is 33.5 Å². The van der Waals surface area contributed by atoms with Crippen LogP contribution in [0.25, 0.3) is 12.2 Å². The fourth-order valence-corrected chi connectivity index (χ4v) is 21.3. The van der Waals surface area contributed by atoms with Gasteiger partial charge in [-0.1, -0.05) is 221 Å². The number of rotatable bonds is 37. The van der Waals surface area contributed by atoms with Gasteiger partial charge >= 0.3 is 11.9 Å². The smallest absolute Gasteiger partial charge is 0.342 e. The lowest BCUT2D eigenvalue weighted by Gasteiger charge is -2.45. The molecule has 0 amide bonds. The minimum atomic E-state index is -2.82. The zero-order valence-corrected chi connectivity index (χ0v) is 78.3. The van der Waals surface area contributed by atoms with Crippen LogP contribution in [0, 0.1) is 11.8 Å². The van der Waals surface area contributed by atoms with Crippen LogP contribution in [-0.4, -0.2) is 164 Å². The number of esters is 2. The van der Waals surface area contributed by atoms with Gasteiger partial charge in [0, 0.05) is 47.5 Å². The lowest BCUT2D eigenvalue weighted by atomic mass is 9.94. The predicted molar refractivity (Wildman–Crippen MR) is 481 cm³/mol. The molecule has 2 unspecified atom stereocenters. The molecular formula is C97H138O19Si3. The van der Waals surface area contributed by atoms with Crippen molar-refractivity contribution in [3.05, 3.63) is 214 Å². The van der Waals surface area contributed by atoms with Crippen LogP contribution >= 0.6 is 0 Å². The Kier molecular flexibility index (Phi) is 36.4. The molecule has 22 heteroatoms. The second kappa shape index (κ2) is 44.6. The minimum Gasteiger partial charge on any atom is -0.497 e. The Morgan fingerprint density at radius 1 is 0.630 bits per heavy atom. The summed E-state index contributed by atoms with van der Waals surface area (Å²) < 4.78 is 98.0. The van der Waals surface area contributed by atoms with Gasteiger partial charge in [-0.3, -0.25) is 0 Å². The standard InChI is InChI=1S/C62H92O10Si3.C35H46O9/c1-46(47(2)71-75(61(6,7)8,51-27-20-18-21-28-51)52-29-22-19-23-30-52)33-39-56(72-74(16,17)60(3,4)5)58-55(69-62(9,10)70-58)32-24-31-53-49(26-25-41-66-44-48-34-37-50(65-12)38-35-48)36-40-54(68-45-64-11)57(53)59(63)67-42-43-73(13,14)15;1-23-12-18-29(36)33-31(43-35(3,4)44-33)11-7-10-28-26(9-8-20-40-21-25-13-16-27(39-6)17-14-25)15-19-30(41-22-38-5)32(28)34(37)42-24(23)2/h18-24,27-31,33-40,46-47,55-56,58H,25-26,32,41-45H2,1-17H3;7,10,12-19,23-24,29,31,33,36H,8-9,11,20-22H2,1-6H3/b31-24+,39-33-;10-7?,18-12-/t46-,47+,55+,56?,58+;23-,24+,29?,31+,33-/m11/s1. The van der Waals surface area contributed by atoms with Crippen molar-refractivity contribution >= 4 is 59.2 Å². The van der Waals surface area contributed by atoms with Crippen LogP contribution in [0.4, 0.5) is 0 Å². The lowest BCUT2D eigenvalue weighted by molar-refractivity contribution is -0.152. The molecule has 652 valence electrons. The molecule has 2 fully saturated rings. The average molecular weight is 1690 g/mol. The normalized spacial score (nSPS) is 20.8. The molecule has 0 aliphatic carbocycles. The van der Waals surface area contributed by atoms with E-state index in [2.05, 4.69) is 167 Å². The van der Waals surface area contributed by atoms with E-state index >= 15 is 0 Å². The minimum absolute atomic E-state index is 0.0153. The second-order valence-electron chi connectivity index (χ2n) is 36.1. The molecule has 9 rings (SSSR count). The number of benzene rings is 6. The summed E-state index contributed by atoms with van der Waals surface area (Å²) in [6.07, 6.45) is 16.1. The highest BCUT2D eigenvalue weighted by Gasteiger charge is 2.52. The number of aryl methyl sites for hydroxylation is 2. The zero-order chi connectivity index (χ0) is 86.9. The molecule has 119 heavy (non-hydrogen) atoms. The molecule has 3 heterocycles. The molecule has 2 saturated heterocycles. The fourth-order valence-electron chi connectivity index (χ4n) is 14.5. The maximum absolute atomic E-state index is 14.3. The van der Waals surface area contributed by atoms with Gasteiger partial charge in [-0.05, 0) is 195 Å². The summed E-state index contributed by atoms with van der Waals surface area (Å²) >= 11 is 0. The molecule has 10 atom stereocenters. The fraction of sp³-hybridized carbons (Fsp3) is 0.526. The largest absolute Gasteiger partial charge is 0.497 e. The monoisotopic (exact) mass is 1690 g/mol. The number of aliphatic hydroxyl groups is 1. The number of methoxy groups -OCH3 is 4. The van der Waals surface area contributed by atoms with Crippen LogP contribution < -0.4 is 29.3 Å². The first-order chi connectivity index (χ1) is 56.3. The maximum Gasteiger partial charge on any atom is 0.342 e. The van der Waals surface area contributed by atoms with E-state index in [9.17, 15) is 14.7 Å². The van der Waals surface area contributed by atoms with Crippen molar-refractivity contribution in [3.63, 3.8) is 0 Å². The second-order valence-corrected chi connectivity index (χ2v) is 50.7. The maximum atomic E-state index is 14.3. The predicted octanol–water partition coefficient (Wildman–Crippen LogP) is 19.7. The summed E-state index contributed by atoms with van der Waals surface area (Å²) in [5.74, 6) is -0.369. The van der Waals surface area contributed by atoms with Crippen LogP contribution in [0.3, 0.4) is 0 Å². The van der Waals surface area contributed by atoms with Gasteiger partial charge in [-0.2, -0.15) is 0 Å². The number of carbonyl (C=O) groups excluding carboxylic acids is 2. The molecule has 1 N–H and O–H groups in total. The molecular weight excluding hydrogens is 1550 g/mol. The van der Waals surface area contributed by atoms with E-state index in [1.165, 1.54) is 17.5 Å². The molecule has 6 aromatic rings. The number of aliphatic hydroxyl groups excluding tert-OH is 1. The first-order valence-corrected chi connectivity index (χ1v) is 50.8. The number of hydrogen-bond acceptors (Lipinski definition) is 19. The Balaban J connectivity index is 0.000000339. The summed E-state index contributed by atoms with van der Waals surface area (Å²) in [5, 5.41) is 13.2. The van der Waals surface area contributed by atoms with Gasteiger partial charge in [-0.25, -0.2) is 9.59 Å². The first kappa shape index (κ1) is 97.1. The Morgan fingerprint density at radius 2 is 1.18 bits per heavy atom. The molecule has 0 radical (unpaired) electrons. The van der Waals surface area contributed by atoms with Crippen LogP contribution in [0.15, 0.2) is 170 Å². The van der Waals surface area contributed by atoms with Crippen molar-refractivity contribution in [2.45, 2.75) is 258 Å². The third kappa shape index (κ3) is 28.1. The summed E-state index contributed by atoms with van der Waals surface area (Å²) in [7, 11) is -0.288. The van der Waals surface area contributed by atoms with Crippen molar-refractivity contribution in [1.29, 1.82) is 0 Å². The Labute approximate surface area is 714 Å². The van der Waals surface area contributed by atoms with E-state index < -0.39 is 78.7 Å². The molecule has 0 saturated carbocycles. The highest BCUT2D eigenvalue weighted by Crippen LogP contribution is 2.44. The third-order valence-electron chi connectivity index (χ3n) is 22.5. The van der Waals surface area contributed by atoms with E-state index in [1.807, 2.05) is 133 Å². The quantitative estimate of drug-likeness (QED) is 0.0127. The van der Waals surface area contributed by atoms with Crippen molar-refractivity contribution in [1.82, 2.24) is 0 Å². The summed E-state index contributed by atoms with van der Waals surface area (Å²) in [4.78, 5) is 28.1. The first-order valence-electron chi connectivity index (χ1n) is 42.2. The third-order valence-corrected chi connectivity index (χ3v) is 33.8. The summed E-state index contributed by atoms with van der Waals surface area (Å²) in [5.41, 5.74) is 6.24. The van der Waals surface area contributed by atoms with Crippen LogP contribution in [0.2, 0.25) is 48.9 Å². The number of cyclic esters (lactones) is 1. The van der Waals surface area contributed by atoms with Crippen molar-refractivity contribution in [2.75, 3.05) is 61.8 Å². The number of carbonyl (C=O) groups is 2. The summed E-state index contributed by atoms with van der Waals surface area (Å²) in [6, 6.07) is 45.8.